The molecule has 5 heteroatoms. The second-order valence-electron chi connectivity index (χ2n) is 5.05. The van der Waals surface area contributed by atoms with Crippen LogP contribution in [0.4, 0.5) is 0 Å². The summed E-state index contributed by atoms with van der Waals surface area (Å²) in [6, 6.07) is 0.466. The summed E-state index contributed by atoms with van der Waals surface area (Å²) in [6.45, 7) is 1.79. The van der Waals surface area contributed by atoms with Crippen molar-refractivity contribution in [2.75, 3.05) is 31.8 Å². The number of ether oxygens (including phenoxy) is 1. The second-order valence-corrected chi connectivity index (χ2v) is 7.35. The molecule has 0 aromatic carbocycles. The van der Waals surface area contributed by atoms with Crippen molar-refractivity contribution >= 4 is 9.84 Å². The van der Waals surface area contributed by atoms with E-state index in [1.165, 1.54) is 0 Å². The van der Waals surface area contributed by atoms with Gasteiger partial charge in [-0.3, -0.25) is 0 Å². The number of hydrogen-bond donors (Lipinski definition) is 1. The summed E-state index contributed by atoms with van der Waals surface area (Å²) in [7, 11) is -0.990. The monoisotopic (exact) mass is 247 g/mol. The van der Waals surface area contributed by atoms with E-state index in [1.54, 1.807) is 7.11 Å². The van der Waals surface area contributed by atoms with Gasteiger partial charge in [-0.1, -0.05) is 0 Å². The average Bonchev–Trinajstić information content (AvgIpc) is 2.67. The zero-order chi connectivity index (χ0) is 11.6. The molecule has 2 atom stereocenters. The molecule has 0 aromatic rings. The zero-order valence-corrected chi connectivity index (χ0v) is 10.6. The summed E-state index contributed by atoms with van der Waals surface area (Å²) >= 11 is 0. The van der Waals surface area contributed by atoms with E-state index in [9.17, 15) is 8.42 Å². The van der Waals surface area contributed by atoms with Crippen molar-refractivity contribution in [3.63, 3.8) is 0 Å². The van der Waals surface area contributed by atoms with Crippen LogP contribution in [0.2, 0.25) is 0 Å². The molecule has 0 aliphatic carbocycles. The summed E-state index contributed by atoms with van der Waals surface area (Å²) in [4.78, 5) is 0. The van der Waals surface area contributed by atoms with Gasteiger partial charge in [-0.05, 0) is 37.6 Å². The van der Waals surface area contributed by atoms with E-state index in [2.05, 4.69) is 5.32 Å². The largest absolute Gasteiger partial charge is 0.383 e. The Morgan fingerprint density at radius 1 is 1.25 bits per heavy atom. The third-order valence-electron chi connectivity index (χ3n) is 3.89. The molecule has 0 saturated carbocycles. The van der Waals surface area contributed by atoms with Crippen LogP contribution < -0.4 is 5.32 Å². The van der Waals surface area contributed by atoms with Gasteiger partial charge in [-0.15, -0.1) is 0 Å². The van der Waals surface area contributed by atoms with Gasteiger partial charge in [0.05, 0.1) is 18.1 Å². The summed E-state index contributed by atoms with van der Waals surface area (Å²) in [5, 5.41) is 3.45. The lowest BCUT2D eigenvalue weighted by Gasteiger charge is -2.26. The smallest absolute Gasteiger partial charge is 0.150 e. The second kappa shape index (κ2) is 5.02. The van der Waals surface area contributed by atoms with Crippen LogP contribution in [0, 0.1) is 11.8 Å². The first kappa shape index (κ1) is 12.3. The topological polar surface area (TPSA) is 55.4 Å². The first-order chi connectivity index (χ1) is 7.61. The molecule has 2 heterocycles. The van der Waals surface area contributed by atoms with E-state index in [0.29, 0.717) is 29.4 Å². The molecule has 16 heavy (non-hydrogen) atoms. The maximum absolute atomic E-state index is 11.3. The third-order valence-corrected chi connectivity index (χ3v) is 5.61. The highest BCUT2D eigenvalue weighted by molar-refractivity contribution is 7.91. The van der Waals surface area contributed by atoms with E-state index in [-0.39, 0.29) is 0 Å². The predicted octanol–water partition coefficient (Wildman–Crippen LogP) is 0.436. The number of methoxy groups -OCH3 is 1. The van der Waals surface area contributed by atoms with Crippen LogP contribution in [0.5, 0.6) is 0 Å². The fourth-order valence-electron chi connectivity index (χ4n) is 2.92. The Hall–Kier alpha value is -0.130. The lowest BCUT2D eigenvalue weighted by molar-refractivity contribution is 0.170. The highest BCUT2D eigenvalue weighted by atomic mass is 32.2. The van der Waals surface area contributed by atoms with E-state index >= 15 is 0 Å². The molecule has 0 aromatic heterocycles. The lowest BCUT2D eigenvalue weighted by Crippen LogP contribution is -2.29. The van der Waals surface area contributed by atoms with Gasteiger partial charge < -0.3 is 10.1 Å². The van der Waals surface area contributed by atoms with Crippen molar-refractivity contribution in [3.05, 3.63) is 0 Å². The Labute approximate surface area is 97.7 Å². The molecular weight excluding hydrogens is 226 g/mol. The summed E-state index contributed by atoms with van der Waals surface area (Å²) in [5.74, 6) is 2.03. The lowest BCUT2D eigenvalue weighted by atomic mass is 9.86. The van der Waals surface area contributed by atoms with Crippen LogP contribution in [0.1, 0.15) is 19.3 Å². The van der Waals surface area contributed by atoms with Gasteiger partial charge in [0.15, 0.2) is 0 Å². The van der Waals surface area contributed by atoms with Crippen LogP contribution >= 0.6 is 0 Å². The van der Waals surface area contributed by atoms with E-state index in [0.717, 1.165) is 32.4 Å². The van der Waals surface area contributed by atoms with Gasteiger partial charge in [0.25, 0.3) is 0 Å². The van der Waals surface area contributed by atoms with Gasteiger partial charge in [0.2, 0.25) is 0 Å². The molecule has 0 amide bonds. The molecule has 0 spiro atoms. The Balaban J connectivity index is 1.82. The highest BCUT2D eigenvalue weighted by Crippen LogP contribution is 2.31. The third kappa shape index (κ3) is 2.96. The Kier molecular flexibility index (Phi) is 3.87. The van der Waals surface area contributed by atoms with Gasteiger partial charge in [0, 0.05) is 13.2 Å². The minimum absolute atomic E-state index is 0.392. The molecule has 2 rings (SSSR count). The van der Waals surface area contributed by atoms with Crippen LogP contribution in [-0.4, -0.2) is 46.2 Å². The van der Waals surface area contributed by atoms with E-state index < -0.39 is 9.84 Å². The minimum Gasteiger partial charge on any atom is -0.383 e. The number of sulfone groups is 1. The predicted molar refractivity (Wildman–Crippen MR) is 63.2 cm³/mol. The number of hydrogen-bond acceptors (Lipinski definition) is 4. The molecule has 2 saturated heterocycles. The normalized spacial score (nSPS) is 35.3. The molecular formula is C11H21NO3S. The summed E-state index contributed by atoms with van der Waals surface area (Å²) in [5.41, 5.74) is 0. The first-order valence-electron chi connectivity index (χ1n) is 6.03. The van der Waals surface area contributed by atoms with Crippen LogP contribution in [0.15, 0.2) is 0 Å². The van der Waals surface area contributed by atoms with Crippen LogP contribution in [0.3, 0.4) is 0 Å². The standard InChI is InChI=1S/C11H21NO3S/c1-15-8-11-6-10(7-12-11)9-2-4-16(13,14)5-3-9/h9-12H,2-8H2,1H3. The molecule has 2 fully saturated rings. The summed E-state index contributed by atoms with van der Waals surface area (Å²) < 4.78 is 27.8. The van der Waals surface area contributed by atoms with Gasteiger partial charge in [0.1, 0.15) is 9.84 Å². The minimum atomic E-state index is -2.71. The molecule has 1 N–H and O–H groups in total. The van der Waals surface area contributed by atoms with Gasteiger partial charge >= 0.3 is 0 Å². The van der Waals surface area contributed by atoms with Gasteiger partial charge in [-0.25, -0.2) is 8.42 Å². The molecule has 2 aliphatic heterocycles. The number of nitrogens with one attached hydrogen (secondary N) is 1. The number of rotatable bonds is 3. The maximum Gasteiger partial charge on any atom is 0.150 e. The molecule has 94 valence electrons. The van der Waals surface area contributed by atoms with Crippen LogP contribution in [-0.2, 0) is 14.6 Å². The fourth-order valence-corrected chi connectivity index (χ4v) is 4.44. The van der Waals surface area contributed by atoms with E-state index in [4.69, 9.17) is 4.74 Å². The first-order valence-corrected chi connectivity index (χ1v) is 7.85. The van der Waals surface area contributed by atoms with Crippen molar-refractivity contribution in [2.24, 2.45) is 11.8 Å². The maximum atomic E-state index is 11.3. The highest BCUT2D eigenvalue weighted by Gasteiger charge is 2.34. The van der Waals surface area contributed by atoms with Crippen molar-refractivity contribution < 1.29 is 13.2 Å². The van der Waals surface area contributed by atoms with Crippen molar-refractivity contribution in [1.29, 1.82) is 0 Å². The van der Waals surface area contributed by atoms with Crippen molar-refractivity contribution in [2.45, 2.75) is 25.3 Å². The molecule has 2 aliphatic rings. The quantitative estimate of drug-likeness (QED) is 0.786. The molecule has 0 radical (unpaired) electrons. The molecule has 2 unspecified atom stereocenters. The van der Waals surface area contributed by atoms with Gasteiger partial charge in [-0.2, -0.15) is 0 Å². The summed E-state index contributed by atoms with van der Waals surface area (Å²) in [6.07, 6.45) is 2.85. The van der Waals surface area contributed by atoms with E-state index in [1.807, 2.05) is 0 Å². The van der Waals surface area contributed by atoms with Crippen LogP contribution in [0.25, 0.3) is 0 Å². The SMILES string of the molecule is COCC1CC(C2CCS(=O)(=O)CC2)CN1. The Morgan fingerprint density at radius 2 is 1.94 bits per heavy atom. The Bertz CT molecular complexity index is 314. The molecule has 0 bridgehead atoms. The zero-order valence-electron chi connectivity index (χ0n) is 9.81. The Morgan fingerprint density at radius 3 is 2.56 bits per heavy atom. The average molecular weight is 247 g/mol. The van der Waals surface area contributed by atoms with Crippen molar-refractivity contribution in [1.82, 2.24) is 5.32 Å². The van der Waals surface area contributed by atoms with Crippen molar-refractivity contribution in [3.8, 4) is 0 Å². The molecule has 4 nitrogen and oxygen atoms in total. The fraction of sp³-hybridized carbons (Fsp3) is 1.00.